The first-order valence-corrected chi connectivity index (χ1v) is 13.1. The third-order valence-corrected chi connectivity index (χ3v) is 7.32. The molecular weight excluding hydrogens is 466 g/mol. The van der Waals surface area contributed by atoms with Crippen LogP contribution in [0.2, 0.25) is 0 Å². The van der Waals surface area contributed by atoms with Crippen LogP contribution in [0.3, 0.4) is 0 Å². The summed E-state index contributed by atoms with van der Waals surface area (Å²) in [6.07, 6.45) is 0. The van der Waals surface area contributed by atoms with E-state index in [0.29, 0.717) is 0 Å². The molecule has 0 amide bonds. The summed E-state index contributed by atoms with van der Waals surface area (Å²) in [4.78, 5) is 10.6. The Morgan fingerprint density at radius 2 is 1.11 bits per heavy atom. The summed E-state index contributed by atoms with van der Waals surface area (Å²) in [5.74, 6) is 0. The Labute approximate surface area is 212 Å². The second-order valence-corrected chi connectivity index (χ2v) is 9.68. The summed E-state index contributed by atoms with van der Waals surface area (Å²) >= 11 is 3.19. The maximum atomic E-state index is 4.96. The van der Waals surface area contributed by atoms with E-state index in [-0.39, 0.29) is 0 Å². The fourth-order valence-electron chi connectivity index (χ4n) is 4.02. The zero-order chi connectivity index (χ0) is 23.5. The summed E-state index contributed by atoms with van der Waals surface area (Å²) < 4.78 is 2.21. The van der Waals surface area contributed by atoms with Gasteiger partial charge in [-0.3, -0.25) is 4.57 Å². The van der Waals surface area contributed by atoms with Crippen molar-refractivity contribution in [1.82, 2.24) is 9.55 Å². The van der Waals surface area contributed by atoms with Crippen molar-refractivity contribution in [3.05, 3.63) is 131 Å². The van der Waals surface area contributed by atoms with Crippen molar-refractivity contribution in [3.8, 4) is 39.3 Å². The molecule has 0 aliphatic carbocycles. The smallest absolute Gasteiger partial charge is 0.212 e. The lowest BCUT2D eigenvalue weighted by atomic mass is 10.0. The third-order valence-electron chi connectivity index (χ3n) is 5.76. The molecule has 3 nitrogen and oxygen atoms in total. The van der Waals surface area contributed by atoms with Crippen LogP contribution in [-0.4, -0.2) is 9.55 Å². The molecule has 2 aromatic heterocycles. The molecule has 0 N–H and O–H groups in total. The molecule has 2 heterocycles. The number of aromatic nitrogens is 2. The largest absolute Gasteiger partial charge is 0.285 e. The third kappa shape index (κ3) is 4.52. The first-order chi connectivity index (χ1) is 17.3. The van der Waals surface area contributed by atoms with E-state index in [1.165, 1.54) is 11.1 Å². The molecule has 35 heavy (non-hydrogen) atoms. The molecule has 0 saturated carbocycles. The monoisotopic (exact) mass is 487 g/mol. The fourth-order valence-corrected chi connectivity index (χ4v) is 5.68. The van der Waals surface area contributed by atoms with Gasteiger partial charge in [-0.25, -0.2) is 4.98 Å². The minimum Gasteiger partial charge on any atom is -0.285 e. The number of para-hydroxylation sites is 1. The normalized spacial score (nSPS) is 11.6. The summed E-state index contributed by atoms with van der Waals surface area (Å²) in [5.41, 5.74) is 7.82. The van der Waals surface area contributed by atoms with Gasteiger partial charge in [0.15, 0.2) is 4.80 Å². The quantitative estimate of drug-likeness (QED) is 0.241. The molecule has 6 aromatic rings. The van der Waals surface area contributed by atoms with Crippen LogP contribution in [0.1, 0.15) is 0 Å². The SMILES string of the molecule is c1ccc(-c2ccc(-c3cs/c(=N\c4nc(-c5ccccc5)cs4)n3-c3ccccc3)cc2)cc1. The van der Waals surface area contributed by atoms with E-state index in [4.69, 9.17) is 9.98 Å². The number of hydrogen-bond acceptors (Lipinski definition) is 4. The van der Waals surface area contributed by atoms with Crippen LogP contribution < -0.4 is 4.80 Å². The van der Waals surface area contributed by atoms with E-state index in [1.54, 1.807) is 22.7 Å². The van der Waals surface area contributed by atoms with Crippen LogP contribution in [0.4, 0.5) is 5.13 Å². The molecule has 0 aliphatic rings. The zero-order valence-corrected chi connectivity index (χ0v) is 20.4. The molecule has 6 rings (SSSR count). The van der Waals surface area contributed by atoms with Crippen molar-refractivity contribution in [2.45, 2.75) is 0 Å². The summed E-state index contributed by atoms with van der Waals surface area (Å²) in [6, 6.07) is 39.8. The molecule has 0 fully saturated rings. The highest BCUT2D eigenvalue weighted by molar-refractivity contribution is 7.13. The molecule has 4 aromatic carbocycles. The maximum absolute atomic E-state index is 4.96. The van der Waals surface area contributed by atoms with Gasteiger partial charge >= 0.3 is 0 Å². The Morgan fingerprint density at radius 3 is 1.80 bits per heavy atom. The van der Waals surface area contributed by atoms with Crippen molar-refractivity contribution >= 4 is 27.8 Å². The number of thiazole rings is 2. The number of hydrogen-bond donors (Lipinski definition) is 0. The van der Waals surface area contributed by atoms with E-state index in [2.05, 4.69) is 100 Å². The van der Waals surface area contributed by atoms with Gasteiger partial charge in [0.1, 0.15) is 0 Å². The van der Waals surface area contributed by atoms with Crippen LogP contribution in [0, 0.1) is 0 Å². The van der Waals surface area contributed by atoms with Crippen LogP contribution in [0.15, 0.2) is 131 Å². The maximum Gasteiger partial charge on any atom is 0.212 e. The van der Waals surface area contributed by atoms with E-state index in [0.717, 1.165) is 38.1 Å². The molecule has 0 saturated heterocycles. The van der Waals surface area contributed by atoms with Gasteiger partial charge in [0.2, 0.25) is 5.13 Å². The van der Waals surface area contributed by atoms with Crippen molar-refractivity contribution < 1.29 is 0 Å². The van der Waals surface area contributed by atoms with Crippen molar-refractivity contribution in [2.24, 2.45) is 4.99 Å². The molecule has 0 atom stereocenters. The summed E-state index contributed by atoms with van der Waals surface area (Å²) in [6.45, 7) is 0. The van der Waals surface area contributed by atoms with E-state index >= 15 is 0 Å². The predicted molar refractivity (Wildman–Crippen MR) is 147 cm³/mol. The van der Waals surface area contributed by atoms with Crippen LogP contribution in [0.25, 0.3) is 39.3 Å². The molecule has 0 bridgehead atoms. The van der Waals surface area contributed by atoms with Gasteiger partial charge < -0.3 is 0 Å². The number of nitrogens with zero attached hydrogens (tertiary/aromatic N) is 3. The van der Waals surface area contributed by atoms with Gasteiger partial charge in [-0.15, -0.1) is 22.7 Å². The van der Waals surface area contributed by atoms with Gasteiger partial charge in [-0.1, -0.05) is 103 Å². The standard InChI is InChI=1S/C30H21N3S2/c1-4-10-22(11-5-1)23-16-18-25(19-17-23)28-21-35-30(33(28)26-14-8-3-9-15-26)32-29-31-27(20-34-29)24-12-6-2-7-13-24/h1-21H/b32-30-. The molecular formula is C30H21N3S2. The molecule has 0 spiro atoms. The Bertz CT molecular complexity index is 1610. The minimum atomic E-state index is 0.751. The van der Waals surface area contributed by atoms with E-state index in [9.17, 15) is 0 Å². The summed E-state index contributed by atoms with van der Waals surface area (Å²) in [7, 11) is 0. The lowest BCUT2D eigenvalue weighted by molar-refractivity contribution is 1.01. The lowest BCUT2D eigenvalue weighted by Crippen LogP contribution is -2.13. The molecule has 0 unspecified atom stereocenters. The lowest BCUT2D eigenvalue weighted by Gasteiger charge is -2.10. The highest BCUT2D eigenvalue weighted by Crippen LogP contribution is 2.29. The Morgan fingerprint density at radius 1 is 0.543 bits per heavy atom. The van der Waals surface area contributed by atoms with Gasteiger partial charge in [-0.2, -0.15) is 4.99 Å². The number of benzene rings is 4. The molecule has 0 radical (unpaired) electrons. The van der Waals surface area contributed by atoms with Crippen LogP contribution in [-0.2, 0) is 0 Å². The highest BCUT2D eigenvalue weighted by atomic mass is 32.1. The zero-order valence-electron chi connectivity index (χ0n) is 18.8. The van der Waals surface area contributed by atoms with Crippen molar-refractivity contribution in [3.63, 3.8) is 0 Å². The van der Waals surface area contributed by atoms with Crippen molar-refractivity contribution in [2.75, 3.05) is 0 Å². The Kier molecular flexibility index (Phi) is 5.93. The summed E-state index contributed by atoms with van der Waals surface area (Å²) in [5, 5.41) is 4.99. The van der Waals surface area contributed by atoms with Crippen molar-refractivity contribution in [1.29, 1.82) is 0 Å². The van der Waals surface area contributed by atoms with Crippen LogP contribution >= 0.6 is 22.7 Å². The van der Waals surface area contributed by atoms with Gasteiger partial charge in [0.05, 0.1) is 11.4 Å². The molecule has 0 aliphatic heterocycles. The second-order valence-electron chi connectivity index (χ2n) is 8.01. The average molecular weight is 488 g/mol. The van der Waals surface area contributed by atoms with E-state index in [1.807, 2.05) is 30.3 Å². The van der Waals surface area contributed by atoms with E-state index < -0.39 is 0 Å². The number of rotatable bonds is 5. The average Bonchev–Trinajstić information content (AvgIpc) is 3.58. The minimum absolute atomic E-state index is 0.751. The van der Waals surface area contributed by atoms with Gasteiger partial charge in [-0.05, 0) is 28.8 Å². The highest BCUT2D eigenvalue weighted by Gasteiger charge is 2.12. The topological polar surface area (TPSA) is 30.2 Å². The molecule has 5 heteroatoms. The first-order valence-electron chi connectivity index (χ1n) is 11.3. The van der Waals surface area contributed by atoms with Gasteiger partial charge in [0, 0.05) is 22.0 Å². The van der Waals surface area contributed by atoms with Gasteiger partial charge in [0.25, 0.3) is 0 Å². The second kappa shape index (κ2) is 9.66. The fraction of sp³-hybridized carbons (Fsp3) is 0. The van der Waals surface area contributed by atoms with Crippen LogP contribution in [0.5, 0.6) is 0 Å². The Hall–Kier alpha value is -4.06. The first kappa shape index (κ1) is 21.5. The Balaban J connectivity index is 1.43. The predicted octanol–water partition coefficient (Wildman–Crippen LogP) is 8.23. The molecule has 168 valence electrons.